The van der Waals surface area contributed by atoms with Gasteiger partial charge in [-0.2, -0.15) is 0 Å². The fourth-order valence-electron chi connectivity index (χ4n) is 3.63. The predicted octanol–water partition coefficient (Wildman–Crippen LogP) is 0.192. The van der Waals surface area contributed by atoms with Gasteiger partial charge >= 0.3 is 0 Å². The van der Waals surface area contributed by atoms with Crippen LogP contribution in [0.1, 0.15) is 15.9 Å². The third-order valence-electron chi connectivity index (χ3n) is 5.34. The van der Waals surface area contributed by atoms with Crippen molar-refractivity contribution in [3.8, 4) is 5.75 Å². The molecule has 7 nitrogen and oxygen atoms in total. The van der Waals surface area contributed by atoms with Gasteiger partial charge in [0.15, 0.2) is 0 Å². The van der Waals surface area contributed by atoms with Gasteiger partial charge in [0.25, 0.3) is 5.91 Å². The molecule has 2 aliphatic rings. The van der Waals surface area contributed by atoms with Crippen molar-refractivity contribution in [1.29, 1.82) is 0 Å². The van der Waals surface area contributed by atoms with E-state index >= 15 is 0 Å². The molecule has 0 radical (unpaired) electrons. The molecule has 0 spiro atoms. The normalized spacial score (nSPS) is 21.6. The maximum absolute atomic E-state index is 13.2. The number of likely N-dealkylation sites (N-methyl/N-ethyl adjacent to an activating group) is 1. The quantitative estimate of drug-likeness (QED) is 0.834. The van der Waals surface area contributed by atoms with Crippen LogP contribution in [-0.4, -0.2) is 92.5 Å². The van der Waals surface area contributed by atoms with E-state index in [2.05, 4.69) is 17.3 Å². The number of hydrogen-bond acceptors (Lipinski definition) is 5. The van der Waals surface area contributed by atoms with Crippen molar-refractivity contribution >= 4 is 11.8 Å². The second-order valence-electron chi connectivity index (χ2n) is 6.98. The van der Waals surface area contributed by atoms with Crippen molar-refractivity contribution in [3.05, 3.63) is 29.3 Å². The fourth-order valence-corrected chi connectivity index (χ4v) is 3.63. The molecule has 1 aromatic rings. The average Bonchev–Trinajstić information content (AvgIpc) is 2.67. The Morgan fingerprint density at radius 1 is 1.15 bits per heavy atom. The van der Waals surface area contributed by atoms with Crippen LogP contribution in [0.2, 0.25) is 0 Å². The van der Waals surface area contributed by atoms with Crippen LogP contribution < -0.4 is 10.1 Å². The lowest BCUT2D eigenvalue weighted by Crippen LogP contribution is -2.62. The summed E-state index contributed by atoms with van der Waals surface area (Å²) >= 11 is 0. The van der Waals surface area contributed by atoms with E-state index < -0.39 is 6.04 Å². The predicted molar refractivity (Wildman–Crippen MR) is 99.5 cm³/mol. The fraction of sp³-hybridized carbons (Fsp3) is 0.579. The molecule has 7 heteroatoms. The SMILES string of the molecule is COc1cccc(C(=O)N2CCNCC2C(=O)N2CCN(C)CC2)c1C. The molecule has 26 heavy (non-hydrogen) atoms. The number of carbonyl (C=O) groups is 2. The van der Waals surface area contributed by atoms with Gasteiger partial charge in [-0.05, 0) is 26.1 Å². The van der Waals surface area contributed by atoms with Gasteiger partial charge in [-0.25, -0.2) is 0 Å². The summed E-state index contributed by atoms with van der Waals surface area (Å²) in [5.74, 6) is 0.627. The van der Waals surface area contributed by atoms with Crippen LogP contribution in [0, 0.1) is 6.92 Å². The standard InChI is InChI=1S/C19H28N4O3/c1-14-15(5-4-6-17(14)26-3)18(24)23-8-7-20-13-16(23)19(25)22-11-9-21(2)10-12-22/h4-6,16,20H,7-13H2,1-3H3. The molecule has 1 aromatic carbocycles. The Hall–Kier alpha value is -2.12. The van der Waals surface area contributed by atoms with Crippen molar-refractivity contribution in [1.82, 2.24) is 20.0 Å². The zero-order chi connectivity index (χ0) is 18.7. The van der Waals surface area contributed by atoms with Crippen molar-refractivity contribution in [2.24, 2.45) is 0 Å². The van der Waals surface area contributed by atoms with Crippen LogP contribution in [0.25, 0.3) is 0 Å². The molecule has 1 atom stereocenters. The number of benzene rings is 1. The number of ether oxygens (including phenoxy) is 1. The number of piperazine rings is 2. The summed E-state index contributed by atoms with van der Waals surface area (Å²) < 4.78 is 5.34. The van der Waals surface area contributed by atoms with Gasteiger partial charge < -0.3 is 24.8 Å². The van der Waals surface area contributed by atoms with Crippen LogP contribution in [0.5, 0.6) is 5.75 Å². The van der Waals surface area contributed by atoms with E-state index in [1.165, 1.54) is 0 Å². The number of rotatable bonds is 3. The van der Waals surface area contributed by atoms with E-state index in [0.29, 0.717) is 44.0 Å². The molecule has 1 unspecified atom stereocenters. The zero-order valence-electron chi connectivity index (χ0n) is 15.8. The minimum absolute atomic E-state index is 0.0409. The maximum Gasteiger partial charge on any atom is 0.255 e. The first-order chi connectivity index (χ1) is 12.5. The Morgan fingerprint density at radius 2 is 1.88 bits per heavy atom. The Kier molecular flexibility index (Phi) is 5.78. The minimum atomic E-state index is -0.453. The summed E-state index contributed by atoms with van der Waals surface area (Å²) in [6.07, 6.45) is 0. The Bertz CT molecular complexity index is 671. The molecule has 0 saturated carbocycles. The maximum atomic E-state index is 13.2. The van der Waals surface area contributed by atoms with Crippen LogP contribution in [0.15, 0.2) is 18.2 Å². The Morgan fingerprint density at radius 3 is 2.58 bits per heavy atom. The largest absolute Gasteiger partial charge is 0.496 e. The van der Waals surface area contributed by atoms with E-state index in [0.717, 1.165) is 18.7 Å². The van der Waals surface area contributed by atoms with Crippen LogP contribution in [0.4, 0.5) is 0 Å². The molecule has 2 amide bonds. The number of methoxy groups -OCH3 is 1. The van der Waals surface area contributed by atoms with Gasteiger partial charge in [0.1, 0.15) is 11.8 Å². The van der Waals surface area contributed by atoms with Gasteiger partial charge in [-0.3, -0.25) is 9.59 Å². The number of carbonyl (C=O) groups excluding carboxylic acids is 2. The van der Waals surface area contributed by atoms with Crippen molar-refractivity contribution in [2.75, 3.05) is 60.0 Å². The monoisotopic (exact) mass is 360 g/mol. The van der Waals surface area contributed by atoms with Crippen LogP contribution >= 0.6 is 0 Å². The molecular weight excluding hydrogens is 332 g/mol. The highest BCUT2D eigenvalue weighted by Crippen LogP contribution is 2.23. The van der Waals surface area contributed by atoms with Gasteiger partial charge in [0.05, 0.1) is 7.11 Å². The van der Waals surface area contributed by atoms with E-state index in [9.17, 15) is 9.59 Å². The molecule has 3 rings (SSSR count). The molecule has 0 bridgehead atoms. The number of amides is 2. The summed E-state index contributed by atoms with van der Waals surface area (Å²) in [6.45, 7) is 6.77. The molecule has 2 fully saturated rings. The second-order valence-corrected chi connectivity index (χ2v) is 6.98. The zero-order valence-corrected chi connectivity index (χ0v) is 15.8. The van der Waals surface area contributed by atoms with Crippen LogP contribution in [-0.2, 0) is 4.79 Å². The summed E-state index contributed by atoms with van der Waals surface area (Å²) in [4.78, 5) is 32.1. The highest BCUT2D eigenvalue weighted by atomic mass is 16.5. The molecular formula is C19H28N4O3. The Balaban J connectivity index is 1.80. The summed E-state index contributed by atoms with van der Waals surface area (Å²) in [6, 6.07) is 5.01. The van der Waals surface area contributed by atoms with Crippen molar-refractivity contribution < 1.29 is 14.3 Å². The Labute approximate surface area is 154 Å². The van der Waals surface area contributed by atoms with Crippen molar-refractivity contribution in [3.63, 3.8) is 0 Å². The highest BCUT2D eigenvalue weighted by Gasteiger charge is 2.36. The smallest absolute Gasteiger partial charge is 0.255 e. The van der Waals surface area contributed by atoms with E-state index in [4.69, 9.17) is 4.74 Å². The average molecular weight is 360 g/mol. The molecule has 2 heterocycles. The highest BCUT2D eigenvalue weighted by molar-refractivity contribution is 5.99. The van der Waals surface area contributed by atoms with E-state index in [1.54, 1.807) is 18.1 Å². The molecule has 0 aromatic heterocycles. The third kappa shape index (κ3) is 3.68. The lowest BCUT2D eigenvalue weighted by atomic mass is 10.0. The first-order valence-corrected chi connectivity index (χ1v) is 9.15. The molecule has 1 N–H and O–H groups in total. The molecule has 2 saturated heterocycles. The summed E-state index contributed by atoms with van der Waals surface area (Å²) in [5, 5.41) is 3.26. The first kappa shape index (κ1) is 18.7. The topological polar surface area (TPSA) is 65.1 Å². The molecule has 142 valence electrons. The van der Waals surface area contributed by atoms with Gasteiger partial charge in [0.2, 0.25) is 5.91 Å². The van der Waals surface area contributed by atoms with E-state index in [-0.39, 0.29) is 11.8 Å². The summed E-state index contributed by atoms with van der Waals surface area (Å²) in [5.41, 5.74) is 1.41. The second kappa shape index (κ2) is 8.05. The van der Waals surface area contributed by atoms with Crippen molar-refractivity contribution in [2.45, 2.75) is 13.0 Å². The van der Waals surface area contributed by atoms with E-state index in [1.807, 2.05) is 24.0 Å². The summed E-state index contributed by atoms with van der Waals surface area (Å²) in [7, 11) is 3.66. The third-order valence-corrected chi connectivity index (χ3v) is 5.34. The number of nitrogens with one attached hydrogen (secondary N) is 1. The molecule has 0 aliphatic carbocycles. The van der Waals surface area contributed by atoms with Gasteiger partial charge in [0, 0.05) is 56.9 Å². The first-order valence-electron chi connectivity index (χ1n) is 9.15. The van der Waals surface area contributed by atoms with Crippen LogP contribution in [0.3, 0.4) is 0 Å². The number of nitrogens with zero attached hydrogens (tertiary/aromatic N) is 3. The van der Waals surface area contributed by atoms with Gasteiger partial charge in [-0.1, -0.05) is 6.07 Å². The molecule has 2 aliphatic heterocycles. The van der Waals surface area contributed by atoms with Gasteiger partial charge in [-0.15, -0.1) is 0 Å². The number of hydrogen-bond donors (Lipinski definition) is 1. The minimum Gasteiger partial charge on any atom is -0.496 e. The lowest BCUT2D eigenvalue weighted by molar-refractivity contribution is -0.138. The lowest BCUT2D eigenvalue weighted by Gasteiger charge is -2.40.